The Morgan fingerprint density at radius 2 is 2.11 bits per heavy atom. The summed E-state index contributed by atoms with van der Waals surface area (Å²) < 4.78 is 0. The van der Waals surface area contributed by atoms with Crippen molar-refractivity contribution in [2.75, 3.05) is 13.2 Å². The van der Waals surface area contributed by atoms with E-state index in [1.165, 1.54) is 5.56 Å². The number of nitrogens with one attached hydrogen (secondary N) is 1. The summed E-state index contributed by atoms with van der Waals surface area (Å²) in [5.41, 5.74) is 3.43. The summed E-state index contributed by atoms with van der Waals surface area (Å²) in [5.74, 6) is 0.428. The molecule has 0 heterocycles. The van der Waals surface area contributed by atoms with Crippen LogP contribution in [0.25, 0.3) is 0 Å². The zero-order valence-corrected chi connectivity index (χ0v) is 12.2. The quantitative estimate of drug-likeness (QED) is 0.793. The molecule has 0 fully saturated rings. The van der Waals surface area contributed by atoms with E-state index in [1.807, 2.05) is 13.8 Å². The van der Waals surface area contributed by atoms with Crippen LogP contribution < -0.4 is 5.32 Å². The second kappa shape index (κ2) is 7.95. The number of aliphatic hydroxyl groups is 1. The standard InChI is InChI=1S/C16H25NO2/c1-4-14(7-8-18)11-17-16(19)10-15-9-12(2)5-6-13(15)3/h5-6,9,14,18H,4,7-8,10-11H2,1-3H3,(H,17,19). The van der Waals surface area contributed by atoms with Gasteiger partial charge in [-0.3, -0.25) is 4.79 Å². The molecule has 0 saturated heterocycles. The first-order valence-corrected chi connectivity index (χ1v) is 7.00. The number of aliphatic hydroxyl groups excluding tert-OH is 1. The smallest absolute Gasteiger partial charge is 0.224 e. The van der Waals surface area contributed by atoms with Crippen LogP contribution in [0.15, 0.2) is 18.2 Å². The molecule has 0 aliphatic rings. The van der Waals surface area contributed by atoms with Crippen LogP contribution in [0.3, 0.4) is 0 Å². The van der Waals surface area contributed by atoms with Gasteiger partial charge in [-0.05, 0) is 37.3 Å². The van der Waals surface area contributed by atoms with Crippen molar-refractivity contribution in [3.63, 3.8) is 0 Å². The summed E-state index contributed by atoms with van der Waals surface area (Å²) in [6.45, 7) is 6.99. The lowest BCUT2D eigenvalue weighted by molar-refractivity contribution is -0.120. The molecule has 1 atom stereocenters. The minimum atomic E-state index is 0.0603. The Hall–Kier alpha value is -1.35. The lowest BCUT2D eigenvalue weighted by Gasteiger charge is -2.14. The Morgan fingerprint density at radius 3 is 2.74 bits per heavy atom. The molecule has 0 bridgehead atoms. The number of amides is 1. The van der Waals surface area contributed by atoms with Crippen molar-refractivity contribution < 1.29 is 9.90 Å². The molecule has 1 aromatic carbocycles. The maximum absolute atomic E-state index is 11.9. The van der Waals surface area contributed by atoms with Gasteiger partial charge in [-0.25, -0.2) is 0 Å². The maximum atomic E-state index is 11.9. The minimum Gasteiger partial charge on any atom is -0.396 e. The third kappa shape index (κ3) is 5.43. The van der Waals surface area contributed by atoms with E-state index in [0.717, 1.165) is 24.0 Å². The van der Waals surface area contributed by atoms with Gasteiger partial charge in [0.05, 0.1) is 6.42 Å². The predicted molar refractivity (Wildman–Crippen MR) is 78.1 cm³/mol. The molecule has 0 aliphatic carbocycles. The van der Waals surface area contributed by atoms with Crippen LogP contribution in [0, 0.1) is 19.8 Å². The molecule has 19 heavy (non-hydrogen) atoms. The molecule has 0 radical (unpaired) electrons. The predicted octanol–water partition coefficient (Wildman–Crippen LogP) is 2.37. The van der Waals surface area contributed by atoms with Gasteiger partial charge in [0.15, 0.2) is 0 Å². The van der Waals surface area contributed by atoms with Crippen molar-refractivity contribution in [1.82, 2.24) is 5.32 Å². The van der Waals surface area contributed by atoms with E-state index in [9.17, 15) is 4.79 Å². The highest BCUT2D eigenvalue weighted by molar-refractivity contribution is 5.78. The van der Waals surface area contributed by atoms with Crippen LogP contribution in [0.4, 0.5) is 0 Å². The molecule has 2 N–H and O–H groups in total. The topological polar surface area (TPSA) is 49.3 Å². The molecular formula is C16H25NO2. The molecule has 106 valence electrons. The zero-order chi connectivity index (χ0) is 14.3. The summed E-state index contributed by atoms with van der Waals surface area (Å²) in [4.78, 5) is 11.9. The molecule has 0 saturated carbocycles. The first kappa shape index (κ1) is 15.7. The van der Waals surface area contributed by atoms with Gasteiger partial charge in [-0.15, -0.1) is 0 Å². The van der Waals surface area contributed by atoms with Crippen LogP contribution in [0.2, 0.25) is 0 Å². The van der Waals surface area contributed by atoms with Gasteiger partial charge in [-0.1, -0.05) is 37.1 Å². The molecule has 0 spiro atoms. The molecule has 1 unspecified atom stereocenters. The van der Waals surface area contributed by atoms with Gasteiger partial charge in [0.2, 0.25) is 5.91 Å². The number of hydrogen-bond donors (Lipinski definition) is 2. The van der Waals surface area contributed by atoms with E-state index in [4.69, 9.17) is 5.11 Å². The highest BCUT2D eigenvalue weighted by Crippen LogP contribution is 2.11. The second-order valence-electron chi connectivity index (χ2n) is 5.20. The fourth-order valence-corrected chi connectivity index (χ4v) is 2.12. The number of benzene rings is 1. The van der Waals surface area contributed by atoms with E-state index in [1.54, 1.807) is 0 Å². The van der Waals surface area contributed by atoms with Gasteiger partial charge in [0.1, 0.15) is 0 Å². The third-order valence-electron chi connectivity index (χ3n) is 3.56. The molecular weight excluding hydrogens is 238 g/mol. The van der Waals surface area contributed by atoms with E-state index < -0.39 is 0 Å². The largest absolute Gasteiger partial charge is 0.396 e. The van der Waals surface area contributed by atoms with Crippen LogP contribution in [-0.4, -0.2) is 24.2 Å². The Kier molecular flexibility index (Phi) is 6.57. The van der Waals surface area contributed by atoms with Crippen molar-refractivity contribution in [3.05, 3.63) is 34.9 Å². The monoisotopic (exact) mass is 263 g/mol. The minimum absolute atomic E-state index is 0.0603. The van der Waals surface area contributed by atoms with E-state index in [2.05, 4.69) is 30.4 Å². The van der Waals surface area contributed by atoms with Crippen molar-refractivity contribution in [2.45, 2.75) is 40.0 Å². The van der Waals surface area contributed by atoms with Gasteiger partial charge in [0, 0.05) is 13.2 Å². The second-order valence-corrected chi connectivity index (χ2v) is 5.20. The fraction of sp³-hybridized carbons (Fsp3) is 0.562. The number of carbonyl (C=O) groups is 1. The van der Waals surface area contributed by atoms with Crippen molar-refractivity contribution in [2.24, 2.45) is 5.92 Å². The average molecular weight is 263 g/mol. The van der Waals surface area contributed by atoms with Crippen molar-refractivity contribution in [3.8, 4) is 0 Å². The highest BCUT2D eigenvalue weighted by Gasteiger charge is 2.10. The van der Waals surface area contributed by atoms with Crippen LogP contribution in [0.5, 0.6) is 0 Å². The number of rotatable bonds is 7. The molecule has 0 aromatic heterocycles. The average Bonchev–Trinajstić information content (AvgIpc) is 2.39. The number of hydrogen-bond acceptors (Lipinski definition) is 2. The first-order chi connectivity index (χ1) is 9.06. The van der Waals surface area contributed by atoms with Gasteiger partial charge < -0.3 is 10.4 Å². The van der Waals surface area contributed by atoms with E-state index in [0.29, 0.717) is 18.9 Å². The first-order valence-electron chi connectivity index (χ1n) is 7.00. The summed E-state index contributed by atoms with van der Waals surface area (Å²) >= 11 is 0. The lowest BCUT2D eigenvalue weighted by Crippen LogP contribution is -2.30. The molecule has 1 rings (SSSR count). The van der Waals surface area contributed by atoms with Crippen LogP contribution in [0.1, 0.15) is 36.5 Å². The Labute approximate surface area is 116 Å². The molecule has 3 heteroatoms. The SMILES string of the molecule is CCC(CCO)CNC(=O)Cc1cc(C)ccc1C. The third-order valence-corrected chi connectivity index (χ3v) is 3.56. The Balaban J connectivity index is 2.48. The fourth-order valence-electron chi connectivity index (χ4n) is 2.12. The van der Waals surface area contributed by atoms with Crippen molar-refractivity contribution >= 4 is 5.91 Å². The van der Waals surface area contributed by atoms with Crippen LogP contribution >= 0.6 is 0 Å². The number of aryl methyl sites for hydroxylation is 2. The zero-order valence-electron chi connectivity index (χ0n) is 12.2. The highest BCUT2D eigenvalue weighted by atomic mass is 16.3. The van der Waals surface area contributed by atoms with Gasteiger partial charge >= 0.3 is 0 Å². The molecule has 0 aliphatic heterocycles. The summed E-state index contributed by atoms with van der Waals surface area (Å²) in [6.07, 6.45) is 2.16. The van der Waals surface area contributed by atoms with E-state index >= 15 is 0 Å². The lowest BCUT2D eigenvalue weighted by atomic mass is 10.0. The molecule has 1 amide bonds. The van der Waals surface area contributed by atoms with E-state index in [-0.39, 0.29) is 12.5 Å². The maximum Gasteiger partial charge on any atom is 0.224 e. The summed E-state index contributed by atoms with van der Waals surface area (Å²) in [5, 5.41) is 11.9. The van der Waals surface area contributed by atoms with Gasteiger partial charge in [0.25, 0.3) is 0 Å². The van der Waals surface area contributed by atoms with Gasteiger partial charge in [-0.2, -0.15) is 0 Å². The summed E-state index contributed by atoms with van der Waals surface area (Å²) in [6, 6.07) is 6.18. The summed E-state index contributed by atoms with van der Waals surface area (Å²) in [7, 11) is 0. The Bertz CT molecular complexity index is 415. The van der Waals surface area contributed by atoms with Crippen molar-refractivity contribution in [1.29, 1.82) is 0 Å². The molecule has 1 aromatic rings. The van der Waals surface area contributed by atoms with Crippen LogP contribution in [-0.2, 0) is 11.2 Å². The molecule has 3 nitrogen and oxygen atoms in total. The normalized spacial score (nSPS) is 12.2. The Morgan fingerprint density at radius 1 is 1.37 bits per heavy atom. The number of carbonyl (C=O) groups excluding carboxylic acids is 1.